The van der Waals surface area contributed by atoms with E-state index in [0.29, 0.717) is 55.7 Å². The van der Waals surface area contributed by atoms with Gasteiger partial charge >= 0.3 is 0 Å². The Morgan fingerprint density at radius 3 is 2.70 bits per heavy atom. The van der Waals surface area contributed by atoms with Gasteiger partial charge in [0.05, 0.1) is 17.0 Å². The van der Waals surface area contributed by atoms with E-state index in [9.17, 15) is 13.2 Å². The second-order valence-electron chi connectivity index (χ2n) is 11.4. The number of sulfonamides is 1. The van der Waals surface area contributed by atoms with Crippen molar-refractivity contribution in [3.05, 3.63) is 76.4 Å². The predicted molar refractivity (Wildman–Crippen MR) is 178 cm³/mol. The number of halogens is 2. The van der Waals surface area contributed by atoms with Crippen LogP contribution in [0.3, 0.4) is 0 Å². The van der Waals surface area contributed by atoms with Gasteiger partial charge in [-0.15, -0.1) is 0 Å². The van der Waals surface area contributed by atoms with Gasteiger partial charge in [0.2, 0.25) is 15.9 Å². The van der Waals surface area contributed by atoms with E-state index in [1.54, 1.807) is 30.5 Å². The smallest absolute Gasteiger partial charge is 0.245 e. The van der Waals surface area contributed by atoms with Crippen molar-refractivity contribution in [3.63, 3.8) is 0 Å². The van der Waals surface area contributed by atoms with Crippen LogP contribution in [0.2, 0.25) is 10.0 Å². The molecule has 1 fully saturated rings. The third kappa shape index (κ3) is 7.17. The first-order chi connectivity index (χ1) is 22.0. The molecule has 11 nitrogen and oxygen atoms in total. The summed E-state index contributed by atoms with van der Waals surface area (Å²) >= 11 is 13.3. The first-order valence-corrected chi connectivity index (χ1v) is 17.3. The molecule has 0 spiro atoms. The summed E-state index contributed by atoms with van der Waals surface area (Å²) in [6, 6.07) is 9.58. The molecule has 0 aliphatic carbocycles. The lowest BCUT2D eigenvalue weighted by Crippen LogP contribution is -2.48. The second kappa shape index (κ2) is 14.7. The minimum Gasteiger partial charge on any atom is -0.487 e. The number of hydrogen-bond acceptors (Lipinski definition) is 8. The SMILES string of the molecule is Cc1cc(-n2ccnc2)c2cccc(OCc3c(Cl)ccc(S(=O)(=O)N4CCC[C@H]4C(=O)N(C)CCN(C)CCCO)c3Cl)c2n1. The van der Waals surface area contributed by atoms with Gasteiger partial charge in [-0.3, -0.25) is 4.79 Å². The largest absolute Gasteiger partial charge is 0.487 e. The molecule has 5 rings (SSSR count). The van der Waals surface area contributed by atoms with Gasteiger partial charge in [0, 0.05) is 73.9 Å². The number of likely N-dealkylation sites (N-methyl/N-ethyl adjacent to an activating group) is 2. The van der Waals surface area contributed by atoms with Crippen molar-refractivity contribution < 1.29 is 23.1 Å². The number of aliphatic hydroxyl groups is 1. The number of fused-ring (bicyclic) bond motifs is 1. The molecule has 4 aromatic rings. The number of aromatic nitrogens is 3. The fraction of sp³-hybridized carbons (Fsp3) is 0.406. The Morgan fingerprint density at radius 2 is 1.96 bits per heavy atom. The van der Waals surface area contributed by atoms with E-state index < -0.39 is 16.1 Å². The molecule has 2 aromatic heterocycles. The monoisotopic (exact) mass is 688 g/mol. The number of aliphatic hydroxyl groups excluding tert-OH is 1. The number of benzene rings is 2. The topological polar surface area (TPSA) is 121 Å². The molecule has 0 saturated carbocycles. The minimum absolute atomic E-state index is 0.0482. The molecule has 0 bridgehead atoms. The number of amides is 1. The Hall–Kier alpha value is -3.26. The summed E-state index contributed by atoms with van der Waals surface area (Å²) in [5.41, 5.74) is 2.62. The van der Waals surface area contributed by atoms with Gasteiger partial charge in [0.1, 0.15) is 28.8 Å². The summed E-state index contributed by atoms with van der Waals surface area (Å²) in [7, 11) is -0.557. The molecule has 1 aliphatic heterocycles. The summed E-state index contributed by atoms with van der Waals surface area (Å²) in [5, 5.41) is 10.1. The average Bonchev–Trinajstić information content (AvgIpc) is 3.75. The van der Waals surface area contributed by atoms with Crippen LogP contribution < -0.4 is 4.74 Å². The van der Waals surface area contributed by atoms with E-state index in [0.717, 1.165) is 16.8 Å². The maximum atomic E-state index is 14.0. The number of pyridine rings is 1. The zero-order valence-corrected chi connectivity index (χ0v) is 28.4. The first kappa shape index (κ1) is 34.1. The van der Waals surface area contributed by atoms with Crippen molar-refractivity contribution in [1.82, 2.24) is 28.6 Å². The van der Waals surface area contributed by atoms with Gasteiger partial charge in [-0.1, -0.05) is 35.3 Å². The molecule has 0 radical (unpaired) electrons. The van der Waals surface area contributed by atoms with E-state index in [-0.39, 0.29) is 40.6 Å². The van der Waals surface area contributed by atoms with Gasteiger partial charge < -0.3 is 24.2 Å². The number of ether oxygens (including phenoxy) is 1. The van der Waals surface area contributed by atoms with Crippen LogP contribution in [0.15, 0.2) is 60.0 Å². The highest BCUT2D eigenvalue weighted by molar-refractivity contribution is 7.89. The van der Waals surface area contributed by atoms with Gasteiger partial charge in [0.15, 0.2) is 0 Å². The zero-order valence-electron chi connectivity index (χ0n) is 26.1. The molecule has 1 N–H and O–H groups in total. The van der Waals surface area contributed by atoms with Crippen molar-refractivity contribution in [1.29, 1.82) is 0 Å². The first-order valence-electron chi connectivity index (χ1n) is 15.1. The molecule has 1 aliphatic rings. The molecular weight excluding hydrogens is 651 g/mol. The predicted octanol–water partition coefficient (Wildman–Crippen LogP) is 4.54. The Labute approximate surface area is 279 Å². The Morgan fingerprint density at radius 1 is 1.15 bits per heavy atom. The fourth-order valence-corrected chi connectivity index (χ4v) is 8.17. The van der Waals surface area contributed by atoms with Gasteiger partial charge in [-0.25, -0.2) is 18.4 Å². The van der Waals surface area contributed by atoms with Crippen molar-refractivity contribution in [2.75, 3.05) is 46.9 Å². The van der Waals surface area contributed by atoms with E-state index >= 15 is 0 Å². The molecule has 3 heterocycles. The van der Waals surface area contributed by atoms with E-state index in [4.69, 9.17) is 38.0 Å². The lowest BCUT2D eigenvalue weighted by Gasteiger charge is -2.29. The summed E-state index contributed by atoms with van der Waals surface area (Å²) in [6.07, 6.45) is 6.87. The van der Waals surface area contributed by atoms with E-state index in [1.165, 1.54) is 16.4 Å². The van der Waals surface area contributed by atoms with Crippen LogP contribution in [0.1, 0.15) is 30.5 Å². The van der Waals surface area contributed by atoms with Crippen LogP contribution in [0.5, 0.6) is 5.75 Å². The molecule has 2 aromatic carbocycles. The lowest BCUT2D eigenvalue weighted by atomic mass is 10.1. The zero-order chi connectivity index (χ0) is 33.0. The highest BCUT2D eigenvalue weighted by Crippen LogP contribution is 2.37. The number of hydrogen-bond donors (Lipinski definition) is 1. The second-order valence-corrected chi connectivity index (χ2v) is 14.1. The Balaban J connectivity index is 1.37. The number of imidazole rings is 1. The summed E-state index contributed by atoms with van der Waals surface area (Å²) in [5.74, 6) is 0.220. The van der Waals surface area contributed by atoms with Crippen LogP contribution in [0.25, 0.3) is 16.6 Å². The van der Waals surface area contributed by atoms with Crippen LogP contribution in [0, 0.1) is 6.92 Å². The maximum Gasteiger partial charge on any atom is 0.245 e. The van der Waals surface area contributed by atoms with Crippen LogP contribution in [0.4, 0.5) is 0 Å². The maximum absolute atomic E-state index is 14.0. The van der Waals surface area contributed by atoms with Crippen LogP contribution >= 0.6 is 23.2 Å². The van der Waals surface area contributed by atoms with E-state index in [2.05, 4.69) is 4.98 Å². The number of carbonyl (C=O) groups excluding carboxylic acids is 1. The van der Waals surface area contributed by atoms with Crippen LogP contribution in [-0.2, 0) is 21.4 Å². The third-order valence-electron chi connectivity index (χ3n) is 8.18. The Bertz CT molecular complexity index is 1800. The van der Waals surface area contributed by atoms with Gasteiger partial charge in [-0.05, 0) is 57.5 Å². The molecule has 0 unspecified atom stereocenters. The molecule has 1 saturated heterocycles. The molecule has 46 heavy (non-hydrogen) atoms. The Kier molecular flexibility index (Phi) is 10.9. The standard InChI is InChI=1S/C32H38Cl2N6O5S/c1-22-19-27(39-15-12-35-21-39)23-7-4-9-28(31(23)36-22)45-20-24-25(33)10-11-29(30(24)34)46(43,44)40-14-5-8-26(40)32(42)38(3)17-16-37(2)13-6-18-41/h4,7,9-12,15,19,21,26,41H,5-6,8,13-14,16-18,20H2,1-3H3/t26-/m0/s1. The van der Waals surface area contributed by atoms with Crippen molar-refractivity contribution in [3.8, 4) is 11.4 Å². The minimum atomic E-state index is -4.15. The molecule has 1 atom stereocenters. The van der Waals surface area contributed by atoms with Gasteiger partial charge in [-0.2, -0.15) is 4.31 Å². The van der Waals surface area contributed by atoms with Crippen molar-refractivity contribution in [2.45, 2.75) is 43.7 Å². The molecular formula is C32H38Cl2N6O5S. The van der Waals surface area contributed by atoms with Crippen LogP contribution in [-0.4, -0.2) is 101 Å². The molecule has 246 valence electrons. The number of carbonyl (C=O) groups is 1. The fourth-order valence-electron chi connectivity index (χ4n) is 5.66. The highest BCUT2D eigenvalue weighted by atomic mass is 35.5. The summed E-state index contributed by atoms with van der Waals surface area (Å²) < 4.78 is 37.4. The summed E-state index contributed by atoms with van der Waals surface area (Å²) in [6.45, 7) is 3.82. The number of para-hydroxylation sites is 1. The summed E-state index contributed by atoms with van der Waals surface area (Å²) in [4.78, 5) is 25.8. The van der Waals surface area contributed by atoms with Gasteiger partial charge in [0.25, 0.3) is 0 Å². The third-order valence-corrected chi connectivity index (χ3v) is 11.0. The van der Waals surface area contributed by atoms with E-state index in [1.807, 2.05) is 47.8 Å². The normalized spacial score (nSPS) is 15.6. The molecule has 14 heteroatoms. The average molecular weight is 690 g/mol. The van der Waals surface area contributed by atoms with Crippen molar-refractivity contribution >= 4 is 50.0 Å². The number of aryl methyl sites for hydroxylation is 1. The lowest BCUT2D eigenvalue weighted by molar-refractivity contribution is -0.133. The molecule has 1 amide bonds. The quantitative estimate of drug-likeness (QED) is 0.217. The number of nitrogens with zero attached hydrogens (tertiary/aromatic N) is 6. The highest BCUT2D eigenvalue weighted by Gasteiger charge is 2.41. The van der Waals surface area contributed by atoms with Crippen molar-refractivity contribution in [2.24, 2.45) is 0 Å². The number of rotatable bonds is 13.